The van der Waals surface area contributed by atoms with Crippen LogP contribution >= 0.6 is 0 Å². The van der Waals surface area contributed by atoms with Crippen molar-refractivity contribution in [3.05, 3.63) is 35.1 Å². The highest BCUT2D eigenvalue weighted by Gasteiger charge is 2.15. The fourth-order valence-corrected chi connectivity index (χ4v) is 2.30. The van der Waals surface area contributed by atoms with E-state index in [-0.39, 0.29) is 18.0 Å². The van der Waals surface area contributed by atoms with E-state index in [0.29, 0.717) is 25.0 Å². The maximum absolute atomic E-state index is 13.1. The zero-order chi connectivity index (χ0) is 15.1. The average molecular weight is 295 g/mol. The van der Waals surface area contributed by atoms with Crippen LogP contribution in [0.4, 0.5) is 4.39 Å². The Balaban J connectivity index is 1.63. The molecule has 1 aliphatic heterocycles. The van der Waals surface area contributed by atoms with Crippen LogP contribution in [0.5, 0.6) is 0 Å². The molecule has 0 aromatic heterocycles. The van der Waals surface area contributed by atoms with Crippen molar-refractivity contribution in [1.82, 2.24) is 5.48 Å². The smallest absolute Gasteiger partial charge is 0.243 e. The minimum atomic E-state index is -0.317. The fourth-order valence-electron chi connectivity index (χ4n) is 2.30. The van der Waals surface area contributed by atoms with Gasteiger partial charge in [-0.1, -0.05) is 12.1 Å². The predicted octanol–water partition coefficient (Wildman–Crippen LogP) is 3.03. The number of carbonyl (C=O) groups excluding carboxylic acids is 1. The minimum absolute atomic E-state index is 0.150. The molecule has 0 bridgehead atoms. The van der Waals surface area contributed by atoms with Gasteiger partial charge in [-0.05, 0) is 49.8 Å². The Morgan fingerprint density at radius 2 is 2.33 bits per heavy atom. The van der Waals surface area contributed by atoms with E-state index in [1.54, 1.807) is 13.0 Å². The molecule has 116 valence electrons. The maximum Gasteiger partial charge on any atom is 0.243 e. The first-order valence-electron chi connectivity index (χ1n) is 7.46. The molecular weight excluding hydrogens is 273 g/mol. The molecule has 2 rings (SSSR count). The lowest BCUT2D eigenvalue weighted by atomic mass is 10.1. The number of amides is 1. The van der Waals surface area contributed by atoms with Crippen molar-refractivity contribution in [3.8, 4) is 0 Å². The monoisotopic (exact) mass is 295 g/mol. The van der Waals surface area contributed by atoms with Crippen LogP contribution in [0, 0.1) is 12.7 Å². The van der Waals surface area contributed by atoms with E-state index in [1.807, 2.05) is 6.07 Å². The number of carbonyl (C=O) groups is 1. The molecule has 21 heavy (non-hydrogen) atoms. The number of rotatable bonds is 6. The first kappa shape index (κ1) is 15.9. The molecule has 1 amide bonds. The summed E-state index contributed by atoms with van der Waals surface area (Å²) in [7, 11) is 0. The van der Waals surface area contributed by atoms with Gasteiger partial charge in [0.05, 0.1) is 0 Å². The fraction of sp³-hybridized carbons (Fsp3) is 0.562. The Hall–Kier alpha value is -1.46. The van der Waals surface area contributed by atoms with Gasteiger partial charge in [-0.2, -0.15) is 0 Å². The summed E-state index contributed by atoms with van der Waals surface area (Å²) >= 11 is 0. The average Bonchev–Trinajstić information content (AvgIpc) is 2.50. The van der Waals surface area contributed by atoms with Crippen molar-refractivity contribution in [2.75, 3.05) is 6.61 Å². The second-order valence-electron chi connectivity index (χ2n) is 5.38. The second-order valence-corrected chi connectivity index (χ2v) is 5.38. The maximum atomic E-state index is 13.1. The molecular formula is C16H22FNO3. The van der Waals surface area contributed by atoms with Crippen molar-refractivity contribution in [1.29, 1.82) is 0 Å². The Morgan fingerprint density at radius 1 is 1.48 bits per heavy atom. The van der Waals surface area contributed by atoms with Crippen LogP contribution in [0.15, 0.2) is 18.2 Å². The van der Waals surface area contributed by atoms with E-state index in [2.05, 4.69) is 5.48 Å². The van der Waals surface area contributed by atoms with Crippen LogP contribution in [-0.4, -0.2) is 18.8 Å². The Morgan fingerprint density at radius 3 is 3.05 bits per heavy atom. The Labute approximate surface area is 124 Å². The summed E-state index contributed by atoms with van der Waals surface area (Å²) < 4.78 is 18.5. The van der Waals surface area contributed by atoms with Gasteiger partial charge in [0.2, 0.25) is 5.91 Å². The zero-order valence-electron chi connectivity index (χ0n) is 12.4. The quantitative estimate of drug-likeness (QED) is 0.821. The van der Waals surface area contributed by atoms with Gasteiger partial charge >= 0.3 is 0 Å². The number of hydrogen-bond donors (Lipinski definition) is 1. The number of halogens is 1. The minimum Gasteiger partial charge on any atom is -0.350 e. The lowest BCUT2D eigenvalue weighted by Gasteiger charge is -2.22. The zero-order valence-corrected chi connectivity index (χ0v) is 12.4. The number of aryl methyl sites for hydroxylation is 2. The van der Waals surface area contributed by atoms with Crippen LogP contribution in [0.2, 0.25) is 0 Å². The molecule has 1 aliphatic rings. The lowest BCUT2D eigenvalue weighted by Crippen LogP contribution is -2.33. The van der Waals surface area contributed by atoms with E-state index in [0.717, 1.165) is 31.2 Å². The molecule has 1 fully saturated rings. The van der Waals surface area contributed by atoms with Crippen molar-refractivity contribution in [2.24, 2.45) is 0 Å². The van der Waals surface area contributed by atoms with E-state index in [4.69, 9.17) is 9.57 Å². The largest absolute Gasteiger partial charge is 0.350 e. The van der Waals surface area contributed by atoms with Crippen molar-refractivity contribution in [2.45, 2.75) is 51.7 Å². The highest BCUT2D eigenvalue weighted by Crippen LogP contribution is 2.13. The standard InChI is InChI=1S/C16H22FNO3/c1-12-11-13(8-9-14(12)17)5-4-6-15(19)18-21-16-7-2-3-10-20-16/h8-9,11,16H,2-7,10H2,1H3,(H,18,19). The third-order valence-electron chi connectivity index (χ3n) is 3.53. The molecule has 5 heteroatoms. The summed E-state index contributed by atoms with van der Waals surface area (Å²) in [4.78, 5) is 16.9. The molecule has 1 aromatic carbocycles. The van der Waals surface area contributed by atoms with Gasteiger partial charge in [0.1, 0.15) is 5.82 Å². The summed E-state index contributed by atoms with van der Waals surface area (Å²) in [6.07, 6.45) is 4.43. The summed E-state index contributed by atoms with van der Waals surface area (Å²) in [5.74, 6) is -0.347. The van der Waals surface area contributed by atoms with Crippen LogP contribution in [-0.2, 0) is 20.8 Å². The van der Waals surface area contributed by atoms with Crippen LogP contribution in [0.25, 0.3) is 0 Å². The number of hydroxylamine groups is 1. The third-order valence-corrected chi connectivity index (χ3v) is 3.53. The molecule has 1 heterocycles. The van der Waals surface area contributed by atoms with Crippen molar-refractivity contribution < 1.29 is 18.8 Å². The SMILES string of the molecule is Cc1cc(CCCC(=O)NOC2CCCCO2)ccc1F. The Bertz CT molecular complexity index is 473. The topological polar surface area (TPSA) is 47.6 Å². The summed E-state index contributed by atoms with van der Waals surface area (Å²) in [6, 6.07) is 5.04. The molecule has 1 atom stereocenters. The summed E-state index contributed by atoms with van der Waals surface area (Å²) in [5, 5.41) is 0. The molecule has 0 aliphatic carbocycles. The molecule has 1 aromatic rings. The van der Waals surface area contributed by atoms with Gasteiger partial charge in [0, 0.05) is 19.4 Å². The molecule has 0 radical (unpaired) electrons. The normalized spacial score (nSPS) is 18.5. The molecule has 1 N–H and O–H groups in total. The van der Waals surface area contributed by atoms with Gasteiger partial charge in [-0.15, -0.1) is 0 Å². The van der Waals surface area contributed by atoms with Gasteiger partial charge < -0.3 is 4.74 Å². The first-order chi connectivity index (χ1) is 10.1. The first-order valence-corrected chi connectivity index (χ1v) is 7.46. The van der Waals surface area contributed by atoms with Crippen LogP contribution in [0.1, 0.15) is 43.2 Å². The number of nitrogens with one attached hydrogen (secondary N) is 1. The van der Waals surface area contributed by atoms with Gasteiger partial charge in [-0.25, -0.2) is 14.7 Å². The molecule has 0 saturated carbocycles. The second kappa shape index (κ2) is 8.10. The predicted molar refractivity (Wildman–Crippen MR) is 76.9 cm³/mol. The van der Waals surface area contributed by atoms with E-state index >= 15 is 0 Å². The van der Waals surface area contributed by atoms with Crippen LogP contribution < -0.4 is 5.48 Å². The number of ether oxygens (including phenoxy) is 1. The lowest BCUT2D eigenvalue weighted by molar-refractivity contribution is -0.200. The third kappa shape index (κ3) is 5.44. The molecule has 1 saturated heterocycles. The van der Waals surface area contributed by atoms with E-state index < -0.39 is 0 Å². The summed E-state index contributed by atoms with van der Waals surface area (Å²) in [5.41, 5.74) is 4.11. The molecule has 1 unspecified atom stereocenters. The number of hydrogen-bond acceptors (Lipinski definition) is 3. The van der Waals surface area contributed by atoms with Gasteiger partial charge in [-0.3, -0.25) is 4.79 Å². The molecule has 0 spiro atoms. The van der Waals surface area contributed by atoms with Crippen molar-refractivity contribution >= 4 is 5.91 Å². The molecule has 4 nitrogen and oxygen atoms in total. The van der Waals surface area contributed by atoms with E-state index in [1.165, 1.54) is 6.07 Å². The Kier molecular flexibility index (Phi) is 6.14. The van der Waals surface area contributed by atoms with Gasteiger partial charge in [0.25, 0.3) is 0 Å². The highest BCUT2D eigenvalue weighted by atomic mass is 19.1. The van der Waals surface area contributed by atoms with E-state index in [9.17, 15) is 9.18 Å². The highest BCUT2D eigenvalue weighted by molar-refractivity contribution is 5.74. The summed E-state index contributed by atoms with van der Waals surface area (Å²) in [6.45, 7) is 2.42. The van der Waals surface area contributed by atoms with Crippen molar-refractivity contribution in [3.63, 3.8) is 0 Å². The number of benzene rings is 1. The van der Waals surface area contributed by atoms with Crippen LogP contribution in [0.3, 0.4) is 0 Å². The van der Waals surface area contributed by atoms with Gasteiger partial charge in [0.15, 0.2) is 6.29 Å².